The lowest BCUT2D eigenvalue weighted by Crippen LogP contribution is -2.39. The van der Waals surface area contributed by atoms with E-state index in [1.807, 2.05) is 35.5 Å². The van der Waals surface area contributed by atoms with Crippen LogP contribution in [0.1, 0.15) is 40.8 Å². The maximum Gasteiger partial charge on any atom is 0.289 e. The molecule has 4 heterocycles. The van der Waals surface area contributed by atoms with E-state index in [2.05, 4.69) is 14.5 Å². The highest BCUT2D eigenvalue weighted by Crippen LogP contribution is 2.28. The fourth-order valence-electron chi connectivity index (χ4n) is 3.55. The van der Waals surface area contributed by atoms with Gasteiger partial charge < -0.3 is 18.6 Å². The number of hydrogen-bond acceptors (Lipinski definition) is 5. The van der Waals surface area contributed by atoms with Crippen molar-refractivity contribution in [2.24, 2.45) is 0 Å². The summed E-state index contributed by atoms with van der Waals surface area (Å²) in [6, 6.07) is 9.22. The lowest BCUT2D eigenvalue weighted by Gasteiger charge is -2.32. The molecule has 0 saturated carbocycles. The van der Waals surface area contributed by atoms with Crippen molar-refractivity contribution in [3.8, 4) is 5.95 Å². The van der Waals surface area contributed by atoms with E-state index < -0.39 is 0 Å². The smallest absolute Gasteiger partial charge is 0.289 e. The Morgan fingerprint density at radius 3 is 2.96 bits per heavy atom. The predicted molar refractivity (Wildman–Crippen MR) is 98.7 cm³/mol. The first-order valence-corrected chi connectivity index (χ1v) is 9.08. The Balaban J connectivity index is 1.49. The summed E-state index contributed by atoms with van der Waals surface area (Å²) in [5, 5.41) is 0. The first kappa shape index (κ1) is 17.3. The van der Waals surface area contributed by atoms with Gasteiger partial charge in [0, 0.05) is 43.7 Å². The highest BCUT2D eigenvalue weighted by molar-refractivity contribution is 5.91. The molecule has 1 atom stereocenters. The number of rotatable bonds is 5. The van der Waals surface area contributed by atoms with E-state index in [4.69, 9.17) is 9.15 Å². The molecular weight excluding hydrogens is 344 g/mol. The fourth-order valence-corrected chi connectivity index (χ4v) is 3.55. The van der Waals surface area contributed by atoms with Gasteiger partial charge in [0.2, 0.25) is 0 Å². The van der Waals surface area contributed by atoms with Crippen LogP contribution < -0.4 is 4.74 Å². The Morgan fingerprint density at radius 2 is 2.19 bits per heavy atom. The van der Waals surface area contributed by atoms with Crippen LogP contribution in [0.3, 0.4) is 0 Å². The Labute approximate surface area is 157 Å². The molecule has 3 aromatic heterocycles. The first-order chi connectivity index (χ1) is 13.2. The monoisotopic (exact) mass is 366 g/mol. The maximum atomic E-state index is 12.8. The summed E-state index contributed by atoms with van der Waals surface area (Å²) in [4.78, 5) is 23.6. The van der Waals surface area contributed by atoms with Crippen LogP contribution in [-0.4, -0.2) is 45.5 Å². The van der Waals surface area contributed by atoms with Gasteiger partial charge in [-0.2, -0.15) is 0 Å². The van der Waals surface area contributed by atoms with Crippen LogP contribution in [-0.2, 0) is 6.54 Å². The molecule has 1 amide bonds. The van der Waals surface area contributed by atoms with Crippen molar-refractivity contribution in [3.63, 3.8) is 0 Å². The van der Waals surface area contributed by atoms with Gasteiger partial charge in [-0.05, 0) is 31.0 Å². The van der Waals surface area contributed by atoms with Crippen LogP contribution in [0, 0.1) is 0 Å². The molecule has 0 aliphatic carbocycles. The minimum Gasteiger partial charge on any atom is -0.468 e. The maximum absolute atomic E-state index is 12.8. The largest absolute Gasteiger partial charge is 0.468 e. The van der Waals surface area contributed by atoms with Crippen LogP contribution in [0.25, 0.3) is 0 Å². The molecule has 0 aromatic carbocycles. The average molecular weight is 366 g/mol. The van der Waals surface area contributed by atoms with E-state index in [1.54, 1.807) is 18.3 Å². The summed E-state index contributed by atoms with van der Waals surface area (Å²) in [5.41, 5.74) is 0.989. The van der Waals surface area contributed by atoms with E-state index in [-0.39, 0.29) is 11.8 Å². The van der Waals surface area contributed by atoms with Gasteiger partial charge in [-0.3, -0.25) is 9.78 Å². The van der Waals surface area contributed by atoms with Crippen LogP contribution in [0.4, 0.5) is 0 Å². The SMILES string of the molecule is COc1ccc(C(=O)N2CCC[C@@H](c3nccn3Cc3ccccn3)C2)o1. The molecule has 1 aliphatic heterocycles. The number of ether oxygens (including phenoxy) is 1. The van der Waals surface area contributed by atoms with E-state index in [0.29, 0.717) is 24.8 Å². The molecule has 7 nitrogen and oxygen atoms in total. The summed E-state index contributed by atoms with van der Waals surface area (Å²) in [6.07, 6.45) is 7.53. The number of piperidine rings is 1. The van der Waals surface area contributed by atoms with E-state index in [9.17, 15) is 4.79 Å². The number of amides is 1. The second-order valence-corrected chi connectivity index (χ2v) is 6.65. The van der Waals surface area contributed by atoms with Crippen LogP contribution in [0.15, 0.2) is 53.3 Å². The van der Waals surface area contributed by atoms with E-state index in [0.717, 1.165) is 30.9 Å². The number of methoxy groups -OCH3 is 1. The van der Waals surface area contributed by atoms with Gasteiger partial charge in [0.15, 0.2) is 5.76 Å². The van der Waals surface area contributed by atoms with Crippen LogP contribution in [0.2, 0.25) is 0 Å². The summed E-state index contributed by atoms with van der Waals surface area (Å²) < 4.78 is 12.6. The predicted octanol–water partition coefficient (Wildman–Crippen LogP) is 2.95. The Bertz CT molecular complexity index is 903. The van der Waals surface area contributed by atoms with Gasteiger partial charge in [-0.15, -0.1) is 0 Å². The first-order valence-electron chi connectivity index (χ1n) is 9.08. The second-order valence-electron chi connectivity index (χ2n) is 6.65. The van der Waals surface area contributed by atoms with Gasteiger partial charge in [-0.1, -0.05) is 6.07 Å². The highest BCUT2D eigenvalue weighted by Gasteiger charge is 2.29. The molecular formula is C20H22N4O3. The van der Waals surface area contributed by atoms with Crippen molar-refractivity contribution in [1.82, 2.24) is 19.4 Å². The molecule has 7 heteroatoms. The molecule has 0 radical (unpaired) electrons. The third-order valence-electron chi connectivity index (χ3n) is 4.87. The molecule has 0 bridgehead atoms. The number of imidazole rings is 1. The number of pyridine rings is 1. The molecule has 4 rings (SSSR count). The van der Waals surface area contributed by atoms with Crippen molar-refractivity contribution in [3.05, 3.63) is 66.2 Å². The number of likely N-dealkylation sites (tertiary alicyclic amines) is 1. The molecule has 3 aromatic rings. The molecule has 1 fully saturated rings. The minimum atomic E-state index is -0.106. The summed E-state index contributed by atoms with van der Waals surface area (Å²) >= 11 is 0. The molecule has 0 spiro atoms. The zero-order chi connectivity index (χ0) is 18.6. The lowest BCUT2D eigenvalue weighted by molar-refractivity contribution is 0.0665. The van der Waals surface area contributed by atoms with E-state index in [1.165, 1.54) is 7.11 Å². The number of carbonyl (C=O) groups excluding carboxylic acids is 1. The topological polar surface area (TPSA) is 73.4 Å². The standard InChI is InChI=1S/C20H22N4O3/c1-26-18-8-7-17(27-18)20(25)24-11-4-5-15(13-24)19-22-10-12-23(19)14-16-6-2-3-9-21-16/h2-3,6-10,12,15H,4-5,11,13-14H2,1H3/t15-/m1/s1. The molecule has 0 N–H and O–H groups in total. The zero-order valence-electron chi connectivity index (χ0n) is 15.2. The number of furan rings is 1. The second kappa shape index (κ2) is 7.65. The molecule has 140 valence electrons. The third-order valence-corrected chi connectivity index (χ3v) is 4.87. The molecule has 27 heavy (non-hydrogen) atoms. The number of nitrogens with zero attached hydrogens (tertiary/aromatic N) is 4. The zero-order valence-corrected chi connectivity index (χ0v) is 15.2. The summed E-state index contributed by atoms with van der Waals surface area (Å²) in [7, 11) is 1.52. The van der Waals surface area contributed by atoms with Gasteiger partial charge in [0.25, 0.3) is 11.9 Å². The Morgan fingerprint density at radius 1 is 1.26 bits per heavy atom. The van der Waals surface area contributed by atoms with Crippen molar-refractivity contribution < 1.29 is 13.9 Å². The van der Waals surface area contributed by atoms with Crippen LogP contribution in [0.5, 0.6) is 5.95 Å². The number of aromatic nitrogens is 3. The normalized spacial score (nSPS) is 17.1. The molecule has 1 aliphatic rings. The Kier molecular flexibility index (Phi) is 4.91. The van der Waals surface area contributed by atoms with Gasteiger partial charge in [-0.25, -0.2) is 4.98 Å². The third kappa shape index (κ3) is 3.72. The lowest BCUT2D eigenvalue weighted by atomic mass is 9.97. The average Bonchev–Trinajstić information content (AvgIpc) is 3.38. The Hall–Kier alpha value is -3.09. The summed E-state index contributed by atoms with van der Waals surface area (Å²) in [5.74, 6) is 1.74. The van der Waals surface area contributed by atoms with Crippen molar-refractivity contribution in [1.29, 1.82) is 0 Å². The minimum absolute atomic E-state index is 0.106. The number of hydrogen-bond donors (Lipinski definition) is 0. The fraction of sp³-hybridized carbons (Fsp3) is 0.350. The van der Waals surface area contributed by atoms with Crippen LogP contribution >= 0.6 is 0 Å². The molecule has 1 saturated heterocycles. The summed E-state index contributed by atoms with van der Waals surface area (Å²) in [6.45, 7) is 2.02. The van der Waals surface area contributed by atoms with Crippen molar-refractivity contribution >= 4 is 5.91 Å². The van der Waals surface area contributed by atoms with Gasteiger partial charge in [0.1, 0.15) is 5.82 Å². The van der Waals surface area contributed by atoms with E-state index >= 15 is 0 Å². The van der Waals surface area contributed by atoms with Crippen molar-refractivity contribution in [2.75, 3.05) is 20.2 Å². The van der Waals surface area contributed by atoms with Gasteiger partial charge >= 0.3 is 0 Å². The van der Waals surface area contributed by atoms with Gasteiger partial charge in [0.05, 0.1) is 19.3 Å². The highest BCUT2D eigenvalue weighted by atomic mass is 16.6. The molecule has 0 unspecified atom stereocenters. The quantitative estimate of drug-likeness (QED) is 0.694. The van der Waals surface area contributed by atoms with Crippen molar-refractivity contribution in [2.45, 2.75) is 25.3 Å². The number of carbonyl (C=O) groups is 1.